The number of nitrogens with zero attached hydrogens (tertiary/aromatic N) is 3. The Kier molecular flexibility index (Phi) is 7.65. The van der Waals surface area contributed by atoms with Crippen molar-refractivity contribution in [3.63, 3.8) is 0 Å². The number of carbonyl (C=O) groups is 1. The number of nitrogens with two attached hydrogens (primary N) is 1. The number of carbonyl (C=O) groups excluding carboxylic acids is 1. The van der Waals surface area contributed by atoms with Gasteiger partial charge in [0.2, 0.25) is 17.7 Å². The van der Waals surface area contributed by atoms with E-state index in [0.717, 1.165) is 70.8 Å². The lowest BCUT2D eigenvalue weighted by atomic mass is 9.80. The minimum absolute atomic E-state index is 0.322. The molecule has 5 rings (SSSR count). The van der Waals surface area contributed by atoms with Gasteiger partial charge < -0.3 is 20.2 Å². The van der Waals surface area contributed by atoms with E-state index in [1.807, 2.05) is 6.07 Å². The molecule has 1 amide bonds. The summed E-state index contributed by atoms with van der Waals surface area (Å²) in [4.78, 5) is 18.3. The van der Waals surface area contributed by atoms with Crippen molar-refractivity contribution >= 4 is 44.5 Å². The van der Waals surface area contributed by atoms with Crippen LogP contribution in [0, 0.1) is 18.8 Å². The Hall–Kier alpha value is -2.75. The molecule has 10 heteroatoms. The number of aromatic nitrogens is 3. The van der Waals surface area contributed by atoms with Crippen molar-refractivity contribution in [2.75, 3.05) is 13.2 Å². The maximum absolute atomic E-state index is 13.1. The Balaban J connectivity index is 1.68. The van der Waals surface area contributed by atoms with Gasteiger partial charge in [-0.25, -0.2) is 4.98 Å². The van der Waals surface area contributed by atoms with Crippen molar-refractivity contribution < 1.29 is 13.9 Å². The molecule has 8 nitrogen and oxygen atoms in total. The third-order valence-corrected chi connectivity index (χ3v) is 8.62. The highest BCUT2D eigenvalue weighted by molar-refractivity contribution is 7.19. The molecule has 2 aliphatic rings. The van der Waals surface area contributed by atoms with Crippen molar-refractivity contribution in [2.24, 2.45) is 17.6 Å². The molecule has 3 aromatic rings. The molecule has 1 saturated heterocycles. The first-order valence-corrected chi connectivity index (χ1v) is 14.0. The number of dihydropyridines is 1. The lowest BCUT2D eigenvalue weighted by Crippen LogP contribution is -2.33. The zero-order valence-electron chi connectivity index (χ0n) is 21.3. The predicted octanol–water partition coefficient (Wildman–Crippen LogP) is 5.73. The first-order valence-electron chi connectivity index (χ1n) is 12.8. The van der Waals surface area contributed by atoms with Gasteiger partial charge in [0, 0.05) is 53.8 Å². The number of hydrogen-bond acceptors (Lipinski definition) is 8. The molecule has 3 aromatic heterocycles. The van der Waals surface area contributed by atoms with Crippen LogP contribution in [-0.4, -0.2) is 34.3 Å². The maximum Gasteiger partial charge on any atom is 0.247 e. The molecular weight excluding hydrogens is 510 g/mol. The van der Waals surface area contributed by atoms with E-state index in [1.165, 1.54) is 11.3 Å². The lowest BCUT2D eigenvalue weighted by Gasteiger charge is -2.33. The quantitative estimate of drug-likeness (QED) is 0.350. The van der Waals surface area contributed by atoms with Gasteiger partial charge in [0.15, 0.2) is 0 Å². The Morgan fingerprint density at radius 3 is 2.70 bits per heavy atom. The number of pyridine rings is 1. The first kappa shape index (κ1) is 25.9. The summed E-state index contributed by atoms with van der Waals surface area (Å²) in [5.74, 6) is 0.851. The standard InChI is InChI=1S/C27H32ClN5O3S/c1-14(2)12-19-21(26(29)34)23(20-13-17-6-9-30-25(28)24(17)37-20)22(27-33-32-15(3)36-27)18(31-19)5-4-16-7-10-35-11-8-16/h6,9,13-14,16,23,31H,4-5,7-8,10-12H2,1-3H3,(H2,29,34). The molecule has 1 unspecified atom stereocenters. The van der Waals surface area contributed by atoms with Crippen LogP contribution in [0.15, 0.2) is 39.7 Å². The zero-order valence-corrected chi connectivity index (χ0v) is 22.9. The number of amides is 1. The second-order valence-corrected chi connectivity index (χ2v) is 11.6. The van der Waals surface area contributed by atoms with Crippen LogP contribution in [0.4, 0.5) is 0 Å². The van der Waals surface area contributed by atoms with Crippen LogP contribution in [-0.2, 0) is 9.53 Å². The number of allylic oxidation sites excluding steroid dienone is 3. The fourth-order valence-electron chi connectivity index (χ4n) is 5.29. The molecule has 3 N–H and O–H groups in total. The van der Waals surface area contributed by atoms with Crippen molar-refractivity contribution in [3.8, 4) is 0 Å². The topological polar surface area (TPSA) is 116 Å². The van der Waals surface area contributed by atoms with E-state index in [9.17, 15) is 4.79 Å². The van der Waals surface area contributed by atoms with Crippen LogP contribution in [0.1, 0.15) is 68.5 Å². The van der Waals surface area contributed by atoms with Gasteiger partial charge in [-0.2, -0.15) is 0 Å². The predicted molar refractivity (Wildman–Crippen MR) is 145 cm³/mol. The largest absolute Gasteiger partial charge is 0.421 e. The SMILES string of the molecule is Cc1nnc(C2=C(CCC3CCOCC3)NC(CC(C)C)=C(C(N)=O)C2c2cc3ccnc(Cl)c3s2)o1. The number of aryl methyl sites for hydroxylation is 1. The molecule has 196 valence electrons. The molecule has 37 heavy (non-hydrogen) atoms. The number of fused-ring (bicyclic) bond motifs is 1. The van der Waals surface area contributed by atoms with E-state index in [4.69, 9.17) is 26.5 Å². The average Bonchev–Trinajstić information content (AvgIpc) is 3.49. The van der Waals surface area contributed by atoms with Gasteiger partial charge in [-0.3, -0.25) is 4.79 Å². The van der Waals surface area contributed by atoms with Gasteiger partial charge in [0.25, 0.3) is 0 Å². The summed E-state index contributed by atoms with van der Waals surface area (Å²) in [7, 11) is 0. The Labute approximate surface area is 225 Å². The second kappa shape index (κ2) is 10.9. The summed E-state index contributed by atoms with van der Waals surface area (Å²) in [5.41, 5.74) is 9.30. The number of hydrogen-bond donors (Lipinski definition) is 2. The third kappa shape index (κ3) is 5.44. The summed E-state index contributed by atoms with van der Waals surface area (Å²) in [6.45, 7) is 7.64. The van der Waals surface area contributed by atoms with E-state index in [1.54, 1.807) is 13.1 Å². The van der Waals surface area contributed by atoms with Crippen molar-refractivity contribution in [1.29, 1.82) is 0 Å². The summed E-state index contributed by atoms with van der Waals surface area (Å²) >= 11 is 7.97. The fourth-order valence-corrected chi connectivity index (χ4v) is 6.73. The molecule has 1 atom stereocenters. The minimum Gasteiger partial charge on any atom is -0.421 e. The highest BCUT2D eigenvalue weighted by atomic mass is 35.5. The monoisotopic (exact) mass is 541 g/mol. The summed E-state index contributed by atoms with van der Waals surface area (Å²) < 4.78 is 12.4. The van der Waals surface area contributed by atoms with Crippen molar-refractivity contribution in [3.05, 3.63) is 57.1 Å². The molecule has 0 bridgehead atoms. The molecule has 0 radical (unpaired) electrons. The summed E-state index contributed by atoms with van der Waals surface area (Å²) in [5, 5.41) is 13.5. The van der Waals surface area contributed by atoms with E-state index in [2.05, 4.69) is 40.4 Å². The van der Waals surface area contributed by atoms with Crippen molar-refractivity contribution in [1.82, 2.24) is 20.5 Å². The first-order chi connectivity index (χ1) is 17.8. The highest BCUT2D eigenvalue weighted by Crippen LogP contribution is 2.48. The van der Waals surface area contributed by atoms with Crippen molar-refractivity contribution in [2.45, 2.75) is 58.8 Å². The zero-order chi connectivity index (χ0) is 26.1. The van der Waals surface area contributed by atoms with Crippen LogP contribution < -0.4 is 11.1 Å². The van der Waals surface area contributed by atoms with E-state index in [-0.39, 0.29) is 0 Å². The second-order valence-electron chi connectivity index (χ2n) is 10.2. The fraction of sp³-hybridized carbons (Fsp3) is 0.481. The smallest absolute Gasteiger partial charge is 0.247 e. The van der Waals surface area contributed by atoms with E-state index in [0.29, 0.717) is 40.8 Å². The molecular formula is C27H32ClN5O3S. The van der Waals surface area contributed by atoms with Gasteiger partial charge in [-0.05, 0) is 61.5 Å². The minimum atomic E-state index is -0.466. The Morgan fingerprint density at radius 1 is 1.27 bits per heavy atom. The van der Waals surface area contributed by atoms with Crippen LogP contribution in [0.2, 0.25) is 5.15 Å². The van der Waals surface area contributed by atoms with E-state index < -0.39 is 11.8 Å². The molecule has 2 aliphatic heterocycles. The summed E-state index contributed by atoms with van der Waals surface area (Å²) in [6, 6.07) is 4.00. The number of rotatable bonds is 8. The average molecular weight is 542 g/mol. The molecule has 0 aliphatic carbocycles. The van der Waals surface area contributed by atoms with Crippen LogP contribution in [0.5, 0.6) is 0 Å². The van der Waals surface area contributed by atoms with E-state index >= 15 is 0 Å². The van der Waals surface area contributed by atoms with Crippen LogP contribution in [0.25, 0.3) is 15.7 Å². The van der Waals surface area contributed by atoms with Gasteiger partial charge in [-0.1, -0.05) is 25.4 Å². The van der Waals surface area contributed by atoms with Crippen LogP contribution >= 0.6 is 22.9 Å². The van der Waals surface area contributed by atoms with Gasteiger partial charge in [-0.15, -0.1) is 21.5 Å². The third-order valence-electron chi connectivity index (χ3n) is 7.00. The lowest BCUT2D eigenvalue weighted by molar-refractivity contribution is -0.114. The van der Waals surface area contributed by atoms with Crippen LogP contribution in [0.3, 0.4) is 0 Å². The number of thiophene rings is 1. The maximum atomic E-state index is 13.1. The molecule has 0 aromatic carbocycles. The Morgan fingerprint density at radius 2 is 2.05 bits per heavy atom. The molecule has 5 heterocycles. The van der Waals surface area contributed by atoms with Gasteiger partial charge in [0.05, 0.1) is 10.6 Å². The number of ether oxygens (including phenoxy) is 1. The normalized spacial score (nSPS) is 19.2. The van der Waals surface area contributed by atoms with Gasteiger partial charge >= 0.3 is 0 Å². The molecule has 0 spiro atoms. The molecule has 0 saturated carbocycles. The number of nitrogens with one attached hydrogen (secondary N) is 1. The number of halogens is 1. The molecule has 1 fully saturated rings. The van der Waals surface area contributed by atoms with Gasteiger partial charge in [0.1, 0.15) is 5.15 Å². The highest BCUT2D eigenvalue weighted by Gasteiger charge is 2.38. The number of primary amides is 1. The Bertz CT molecular complexity index is 1370. The summed E-state index contributed by atoms with van der Waals surface area (Å²) in [6.07, 6.45) is 6.27.